The maximum atomic E-state index is 13.9. The molecule has 20 heavy (non-hydrogen) atoms. The number of ether oxygens (including phenoxy) is 1. The highest BCUT2D eigenvalue weighted by molar-refractivity contribution is 5.47. The minimum atomic E-state index is -0.156. The van der Waals surface area contributed by atoms with Crippen LogP contribution in [0.15, 0.2) is 24.3 Å². The molecule has 0 saturated carbocycles. The summed E-state index contributed by atoms with van der Waals surface area (Å²) in [5.41, 5.74) is 0.675. The summed E-state index contributed by atoms with van der Waals surface area (Å²) in [7, 11) is 0. The van der Waals surface area contributed by atoms with Crippen molar-refractivity contribution in [1.82, 2.24) is 5.32 Å². The van der Waals surface area contributed by atoms with Crippen molar-refractivity contribution in [3.05, 3.63) is 30.1 Å². The normalized spacial score (nSPS) is 22.1. The second-order valence-corrected chi connectivity index (χ2v) is 5.26. The third-order valence-corrected chi connectivity index (χ3v) is 3.82. The van der Waals surface area contributed by atoms with Gasteiger partial charge >= 0.3 is 0 Å². The third-order valence-electron chi connectivity index (χ3n) is 3.82. The molecule has 0 aromatic heterocycles. The molecule has 0 bridgehead atoms. The maximum absolute atomic E-state index is 13.9. The zero-order chi connectivity index (χ0) is 14.4. The third kappa shape index (κ3) is 3.93. The monoisotopic (exact) mass is 280 g/mol. The summed E-state index contributed by atoms with van der Waals surface area (Å²) in [6, 6.07) is 6.96. The Morgan fingerprint density at radius 3 is 2.70 bits per heavy atom. The molecule has 4 heteroatoms. The Labute approximate surface area is 121 Å². The molecule has 1 aliphatic rings. The van der Waals surface area contributed by atoms with Gasteiger partial charge in [0.1, 0.15) is 5.82 Å². The van der Waals surface area contributed by atoms with Crippen LogP contribution in [0.3, 0.4) is 0 Å². The topological polar surface area (TPSA) is 24.5 Å². The van der Waals surface area contributed by atoms with E-state index >= 15 is 0 Å². The number of halogens is 1. The molecule has 2 unspecified atom stereocenters. The first-order chi connectivity index (χ1) is 9.74. The van der Waals surface area contributed by atoms with Crippen molar-refractivity contribution in [3.63, 3.8) is 0 Å². The minimum Gasteiger partial charge on any atom is -0.372 e. The number of rotatable bonds is 7. The predicted octanol–water partition coefficient (Wildman–Crippen LogP) is 2.81. The Morgan fingerprint density at radius 2 is 2.00 bits per heavy atom. The molecule has 1 aromatic carbocycles. The molecule has 0 aliphatic carbocycles. The smallest absolute Gasteiger partial charge is 0.146 e. The number of benzene rings is 1. The number of hydrogen-bond acceptors (Lipinski definition) is 3. The summed E-state index contributed by atoms with van der Waals surface area (Å²) in [5, 5.41) is 3.32. The van der Waals surface area contributed by atoms with Crippen LogP contribution in [-0.4, -0.2) is 38.4 Å². The Kier molecular flexibility index (Phi) is 5.80. The molecule has 2 atom stereocenters. The second kappa shape index (κ2) is 7.60. The highest BCUT2D eigenvalue weighted by Crippen LogP contribution is 2.24. The number of para-hydroxylation sites is 1. The van der Waals surface area contributed by atoms with Gasteiger partial charge in [0.2, 0.25) is 0 Å². The molecule has 3 nitrogen and oxygen atoms in total. The van der Waals surface area contributed by atoms with E-state index in [9.17, 15) is 4.39 Å². The van der Waals surface area contributed by atoms with Gasteiger partial charge in [-0.05, 0) is 38.4 Å². The molecule has 1 aliphatic heterocycles. The molecule has 1 N–H and O–H groups in total. The Balaban J connectivity index is 1.90. The Morgan fingerprint density at radius 1 is 1.25 bits per heavy atom. The lowest BCUT2D eigenvalue weighted by Crippen LogP contribution is -2.34. The van der Waals surface area contributed by atoms with Gasteiger partial charge in [0.25, 0.3) is 0 Å². The van der Waals surface area contributed by atoms with Crippen molar-refractivity contribution in [2.45, 2.75) is 38.9 Å². The Hall–Kier alpha value is -1.13. The molecular weight excluding hydrogens is 255 g/mol. The number of anilines is 1. The van der Waals surface area contributed by atoms with Crippen LogP contribution in [0.25, 0.3) is 0 Å². The average molecular weight is 280 g/mol. The van der Waals surface area contributed by atoms with Gasteiger partial charge in [-0.3, -0.25) is 0 Å². The standard InChI is InChI=1S/C16H25FN2O/c1-3-18-11-13-9-10-14(20-13)12-19(4-2)16-8-6-5-7-15(16)17/h5-8,13-14,18H,3-4,9-12H2,1-2H3. The van der Waals surface area contributed by atoms with E-state index in [1.165, 1.54) is 6.07 Å². The SMILES string of the molecule is CCNCC1CCC(CN(CC)c2ccccc2F)O1. The summed E-state index contributed by atoms with van der Waals surface area (Å²) in [6.07, 6.45) is 2.66. The molecule has 1 heterocycles. The fourth-order valence-corrected chi connectivity index (χ4v) is 2.72. The zero-order valence-electron chi connectivity index (χ0n) is 12.4. The molecule has 0 radical (unpaired) electrons. The van der Waals surface area contributed by atoms with Crippen molar-refractivity contribution < 1.29 is 9.13 Å². The molecule has 0 spiro atoms. The minimum absolute atomic E-state index is 0.156. The van der Waals surface area contributed by atoms with Crippen LogP contribution in [0.4, 0.5) is 10.1 Å². The summed E-state index contributed by atoms with van der Waals surface area (Å²) in [4.78, 5) is 2.07. The quantitative estimate of drug-likeness (QED) is 0.831. The first-order valence-electron chi connectivity index (χ1n) is 7.60. The largest absolute Gasteiger partial charge is 0.372 e. The van der Waals surface area contributed by atoms with Crippen LogP contribution in [0, 0.1) is 5.82 Å². The van der Waals surface area contributed by atoms with Crippen molar-refractivity contribution in [3.8, 4) is 0 Å². The highest BCUT2D eigenvalue weighted by atomic mass is 19.1. The van der Waals surface area contributed by atoms with Crippen molar-refractivity contribution in [2.75, 3.05) is 31.1 Å². The van der Waals surface area contributed by atoms with E-state index in [-0.39, 0.29) is 11.9 Å². The van der Waals surface area contributed by atoms with Crippen LogP contribution in [0.5, 0.6) is 0 Å². The molecular formula is C16H25FN2O. The summed E-state index contributed by atoms with van der Waals surface area (Å²) >= 11 is 0. The van der Waals surface area contributed by atoms with Crippen molar-refractivity contribution >= 4 is 5.69 Å². The molecule has 1 fully saturated rings. The lowest BCUT2D eigenvalue weighted by Gasteiger charge is -2.27. The first-order valence-corrected chi connectivity index (χ1v) is 7.60. The van der Waals surface area contributed by atoms with Crippen LogP contribution in [-0.2, 0) is 4.74 Å². The van der Waals surface area contributed by atoms with Crippen LogP contribution < -0.4 is 10.2 Å². The van der Waals surface area contributed by atoms with Gasteiger partial charge in [0, 0.05) is 19.6 Å². The van der Waals surface area contributed by atoms with E-state index in [4.69, 9.17) is 4.74 Å². The Bertz CT molecular complexity index is 413. The van der Waals surface area contributed by atoms with Crippen LogP contribution >= 0.6 is 0 Å². The van der Waals surface area contributed by atoms with Gasteiger partial charge in [0.15, 0.2) is 0 Å². The van der Waals surface area contributed by atoms with Gasteiger partial charge in [-0.1, -0.05) is 19.1 Å². The average Bonchev–Trinajstić information content (AvgIpc) is 2.91. The second-order valence-electron chi connectivity index (χ2n) is 5.26. The molecule has 1 saturated heterocycles. The van der Waals surface area contributed by atoms with Crippen molar-refractivity contribution in [1.29, 1.82) is 0 Å². The van der Waals surface area contributed by atoms with Crippen LogP contribution in [0.2, 0.25) is 0 Å². The summed E-state index contributed by atoms with van der Waals surface area (Å²) in [6.45, 7) is 7.60. The van der Waals surface area contributed by atoms with E-state index in [1.54, 1.807) is 6.07 Å². The molecule has 2 rings (SSSR count). The zero-order valence-corrected chi connectivity index (χ0v) is 12.4. The van der Waals surface area contributed by atoms with Gasteiger partial charge < -0.3 is 15.0 Å². The molecule has 1 aromatic rings. The van der Waals surface area contributed by atoms with E-state index in [1.807, 2.05) is 12.1 Å². The molecule has 112 valence electrons. The van der Waals surface area contributed by atoms with Gasteiger partial charge in [-0.15, -0.1) is 0 Å². The number of hydrogen-bond donors (Lipinski definition) is 1. The number of nitrogens with zero attached hydrogens (tertiary/aromatic N) is 1. The van der Waals surface area contributed by atoms with Gasteiger partial charge in [0.05, 0.1) is 17.9 Å². The van der Waals surface area contributed by atoms with Crippen molar-refractivity contribution in [2.24, 2.45) is 0 Å². The van der Waals surface area contributed by atoms with E-state index < -0.39 is 0 Å². The molecule has 0 amide bonds. The van der Waals surface area contributed by atoms with Gasteiger partial charge in [-0.25, -0.2) is 4.39 Å². The number of likely N-dealkylation sites (N-methyl/N-ethyl adjacent to an activating group) is 2. The highest BCUT2D eigenvalue weighted by Gasteiger charge is 2.26. The first kappa shape index (κ1) is 15.3. The fraction of sp³-hybridized carbons (Fsp3) is 0.625. The maximum Gasteiger partial charge on any atom is 0.146 e. The lowest BCUT2D eigenvalue weighted by molar-refractivity contribution is 0.0497. The number of nitrogens with one attached hydrogen (secondary N) is 1. The van der Waals surface area contributed by atoms with E-state index in [2.05, 4.69) is 24.1 Å². The predicted molar refractivity (Wildman–Crippen MR) is 80.7 cm³/mol. The summed E-state index contributed by atoms with van der Waals surface area (Å²) < 4.78 is 19.9. The van der Waals surface area contributed by atoms with Gasteiger partial charge in [-0.2, -0.15) is 0 Å². The van der Waals surface area contributed by atoms with E-state index in [0.29, 0.717) is 11.8 Å². The van der Waals surface area contributed by atoms with Crippen LogP contribution in [0.1, 0.15) is 26.7 Å². The summed E-state index contributed by atoms with van der Waals surface area (Å²) in [5.74, 6) is -0.156. The fourth-order valence-electron chi connectivity index (χ4n) is 2.72. The van der Waals surface area contributed by atoms with E-state index in [0.717, 1.165) is 39.0 Å². The lowest BCUT2D eigenvalue weighted by atomic mass is 10.1.